The fourth-order valence-corrected chi connectivity index (χ4v) is 3.05. The molecule has 0 amide bonds. The van der Waals surface area contributed by atoms with Crippen molar-refractivity contribution < 1.29 is 13.2 Å². The van der Waals surface area contributed by atoms with Gasteiger partial charge in [0.1, 0.15) is 0 Å². The van der Waals surface area contributed by atoms with Crippen molar-refractivity contribution in [3.8, 4) is 0 Å². The van der Waals surface area contributed by atoms with Gasteiger partial charge in [-0.05, 0) is 43.0 Å². The van der Waals surface area contributed by atoms with Gasteiger partial charge in [-0.1, -0.05) is 15.9 Å². The van der Waals surface area contributed by atoms with Gasteiger partial charge < -0.3 is 4.74 Å². The lowest BCUT2D eigenvalue weighted by atomic mass is 10.4. The maximum atomic E-state index is 12.2. The summed E-state index contributed by atoms with van der Waals surface area (Å²) in [5, 5.41) is 0. The van der Waals surface area contributed by atoms with Gasteiger partial charge in [0.15, 0.2) is 0 Å². The Labute approximate surface area is 122 Å². The Balaban J connectivity index is 1.88. The molecule has 0 N–H and O–H groups in total. The highest BCUT2D eigenvalue weighted by molar-refractivity contribution is 9.10. The standard InChI is InChI=1S/C13H18BrNO3S/c1-15(8-9-18-10-11-2-3-11)19(16,17)13-6-4-12(14)5-7-13/h4-7,11H,2-3,8-10H2,1H3. The molecule has 0 atom stereocenters. The Hall–Kier alpha value is -0.430. The monoisotopic (exact) mass is 347 g/mol. The average molecular weight is 348 g/mol. The second-order valence-corrected chi connectivity index (χ2v) is 7.76. The van der Waals surface area contributed by atoms with Crippen molar-refractivity contribution in [2.24, 2.45) is 5.92 Å². The molecule has 1 aromatic carbocycles. The molecule has 0 heterocycles. The van der Waals surface area contributed by atoms with Crippen molar-refractivity contribution in [3.05, 3.63) is 28.7 Å². The zero-order valence-corrected chi connectivity index (χ0v) is 13.3. The third kappa shape index (κ3) is 4.27. The molecule has 1 aromatic rings. The van der Waals surface area contributed by atoms with Crippen LogP contribution in [0.15, 0.2) is 33.6 Å². The molecule has 0 unspecified atom stereocenters. The molecular formula is C13H18BrNO3S. The summed E-state index contributed by atoms with van der Waals surface area (Å²) >= 11 is 3.29. The molecule has 2 rings (SSSR count). The Morgan fingerprint density at radius 1 is 1.32 bits per heavy atom. The number of halogens is 1. The number of benzene rings is 1. The summed E-state index contributed by atoms with van der Waals surface area (Å²) in [6.45, 7) is 1.58. The lowest BCUT2D eigenvalue weighted by Gasteiger charge is -2.17. The van der Waals surface area contributed by atoms with Crippen molar-refractivity contribution in [1.82, 2.24) is 4.31 Å². The van der Waals surface area contributed by atoms with E-state index in [4.69, 9.17) is 4.74 Å². The van der Waals surface area contributed by atoms with E-state index < -0.39 is 10.0 Å². The molecule has 1 fully saturated rings. The van der Waals surface area contributed by atoms with Gasteiger partial charge in [0.2, 0.25) is 10.0 Å². The first-order valence-electron chi connectivity index (χ1n) is 6.30. The molecule has 6 heteroatoms. The van der Waals surface area contributed by atoms with E-state index in [-0.39, 0.29) is 0 Å². The van der Waals surface area contributed by atoms with Gasteiger partial charge in [-0.3, -0.25) is 0 Å². The minimum absolute atomic E-state index is 0.306. The third-order valence-electron chi connectivity index (χ3n) is 3.12. The number of sulfonamides is 1. The van der Waals surface area contributed by atoms with E-state index in [1.807, 2.05) is 0 Å². The summed E-state index contributed by atoms with van der Waals surface area (Å²) in [4.78, 5) is 0.306. The molecule has 4 nitrogen and oxygen atoms in total. The Morgan fingerprint density at radius 3 is 2.53 bits per heavy atom. The normalized spacial score (nSPS) is 15.9. The number of rotatable bonds is 7. The number of likely N-dealkylation sites (N-methyl/N-ethyl adjacent to an activating group) is 1. The van der Waals surface area contributed by atoms with Crippen LogP contribution >= 0.6 is 15.9 Å². The molecular weight excluding hydrogens is 330 g/mol. The van der Waals surface area contributed by atoms with Crippen molar-refractivity contribution in [2.45, 2.75) is 17.7 Å². The highest BCUT2D eigenvalue weighted by atomic mass is 79.9. The van der Waals surface area contributed by atoms with E-state index in [0.717, 1.165) is 11.1 Å². The van der Waals surface area contributed by atoms with E-state index in [1.165, 1.54) is 17.1 Å². The first-order chi connectivity index (χ1) is 9.00. The highest BCUT2D eigenvalue weighted by Crippen LogP contribution is 2.28. The fraction of sp³-hybridized carbons (Fsp3) is 0.538. The number of hydrogen-bond donors (Lipinski definition) is 0. The van der Waals surface area contributed by atoms with Crippen LogP contribution < -0.4 is 0 Å². The van der Waals surface area contributed by atoms with Crippen molar-refractivity contribution in [3.63, 3.8) is 0 Å². The van der Waals surface area contributed by atoms with Gasteiger partial charge in [-0.2, -0.15) is 4.31 Å². The largest absolute Gasteiger partial charge is 0.380 e. The summed E-state index contributed by atoms with van der Waals surface area (Å²) in [5.41, 5.74) is 0. The molecule has 1 aliphatic carbocycles. The van der Waals surface area contributed by atoms with Crippen LogP contribution in [0.1, 0.15) is 12.8 Å². The molecule has 0 bridgehead atoms. The van der Waals surface area contributed by atoms with Gasteiger partial charge in [0.25, 0.3) is 0 Å². The molecule has 0 aliphatic heterocycles. The van der Waals surface area contributed by atoms with Crippen molar-refractivity contribution in [2.75, 3.05) is 26.8 Å². The van der Waals surface area contributed by atoms with E-state index >= 15 is 0 Å². The zero-order valence-electron chi connectivity index (χ0n) is 10.9. The molecule has 0 aromatic heterocycles. The van der Waals surface area contributed by atoms with Crippen molar-refractivity contribution in [1.29, 1.82) is 0 Å². The smallest absolute Gasteiger partial charge is 0.242 e. The third-order valence-corrected chi connectivity index (χ3v) is 5.52. The van der Waals surface area contributed by atoms with E-state index in [0.29, 0.717) is 24.0 Å². The maximum Gasteiger partial charge on any atom is 0.242 e. The predicted molar refractivity (Wildman–Crippen MR) is 77.5 cm³/mol. The summed E-state index contributed by atoms with van der Waals surface area (Å²) < 4.78 is 32.1. The molecule has 0 radical (unpaired) electrons. The lowest BCUT2D eigenvalue weighted by Crippen LogP contribution is -2.30. The Bertz CT molecular complexity index is 511. The van der Waals surface area contributed by atoms with Crippen LogP contribution in [0.4, 0.5) is 0 Å². The maximum absolute atomic E-state index is 12.2. The van der Waals surface area contributed by atoms with Crippen LogP contribution in [-0.2, 0) is 14.8 Å². The Morgan fingerprint density at radius 2 is 1.95 bits per heavy atom. The van der Waals surface area contributed by atoms with Crippen LogP contribution in [0.2, 0.25) is 0 Å². The summed E-state index contributed by atoms with van der Waals surface area (Å²) in [6.07, 6.45) is 2.49. The Kier molecular flexibility index (Phi) is 5.00. The summed E-state index contributed by atoms with van der Waals surface area (Å²) in [5.74, 6) is 0.702. The fourth-order valence-electron chi connectivity index (χ4n) is 1.63. The molecule has 0 saturated heterocycles. The van der Waals surface area contributed by atoms with Crippen molar-refractivity contribution >= 4 is 26.0 Å². The van der Waals surface area contributed by atoms with Gasteiger partial charge in [0.05, 0.1) is 11.5 Å². The lowest BCUT2D eigenvalue weighted by molar-refractivity contribution is 0.117. The van der Waals surface area contributed by atoms with Crippen LogP contribution in [0.5, 0.6) is 0 Å². The van der Waals surface area contributed by atoms with Crippen LogP contribution in [0, 0.1) is 5.92 Å². The molecule has 19 heavy (non-hydrogen) atoms. The molecule has 0 spiro atoms. The van der Waals surface area contributed by atoms with Gasteiger partial charge >= 0.3 is 0 Å². The van der Waals surface area contributed by atoms with E-state index in [1.54, 1.807) is 31.3 Å². The zero-order chi connectivity index (χ0) is 13.9. The topological polar surface area (TPSA) is 46.6 Å². The first kappa shape index (κ1) is 15.0. The van der Waals surface area contributed by atoms with Crippen LogP contribution in [0.3, 0.4) is 0 Å². The second kappa shape index (κ2) is 6.35. The highest BCUT2D eigenvalue weighted by Gasteiger charge is 2.22. The second-order valence-electron chi connectivity index (χ2n) is 4.80. The van der Waals surface area contributed by atoms with Gasteiger partial charge in [-0.25, -0.2) is 8.42 Å². The minimum atomic E-state index is -3.41. The van der Waals surface area contributed by atoms with E-state index in [9.17, 15) is 8.42 Å². The van der Waals surface area contributed by atoms with E-state index in [2.05, 4.69) is 15.9 Å². The SMILES string of the molecule is CN(CCOCC1CC1)S(=O)(=O)c1ccc(Br)cc1. The summed E-state index contributed by atoms with van der Waals surface area (Å²) in [7, 11) is -1.83. The number of nitrogens with zero attached hydrogens (tertiary/aromatic N) is 1. The molecule has 1 saturated carbocycles. The minimum Gasteiger partial charge on any atom is -0.380 e. The van der Waals surface area contributed by atoms with Gasteiger partial charge in [-0.15, -0.1) is 0 Å². The van der Waals surface area contributed by atoms with Crippen LogP contribution in [0.25, 0.3) is 0 Å². The predicted octanol–water partition coefficient (Wildman–Crippen LogP) is 2.50. The number of ether oxygens (including phenoxy) is 1. The van der Waals surface area contributed by atoms with Gasteiger partial charge in [0, 0.05) is 24.7 Å². The summed E-state index contributed by atoms with van der Waals surface area (Å²) in [6, 6.07) is 6.65. The molecule has 1 aliphatic rings. The number of hydrogen-bond acceptors (Lipinski definition) is 3. The first-order valence-corrected chi connectivity index (χ1v) is 8.53. The van der Waals surface area contributed by atoms with Crippen LogP contribution in [-0.4, -0.2) is 39.5 Å². The average Bonchev–Trinajstić information content (AvgIpc) is 3.19. The molecule has 106 valence electrons. The quantitative estimate of drug-likeness (QED) is 0.712.